The fraction of sp³-hybridized carbons (Fsp3) is 0.764. The van der Waals surface area contributed by atoms with E-state index in [1.807, 2.05) is 16.0 Å². The van der Waals surface area contributed by atoms with Gasteiger partial charge in [0.05, 0.1) is 32.0 Å². The van der Waals surface area contributed by atoms with Crippen LogP contribution in [0.15, 0.2) is 24.3 Å². The van der Waals surface area contributed by atoms with Crippen LogP contribution in [0.3, 0.4) is 0 Å². The number of nitrogens with one attached hydrogen (secondary N) is 3. The molecule has 0 bridgehead atoms. The number of hydrogen-bond donors (Lipinski definition) is 22. The second-order valence-electron chi connectivity index (χ2n) is 27.5. The zero-order chi connectivity index (χ0) is 94.1. The van der Waals surface area contributed by atoms with Gasteiger partial charge in [0.2, 0.25) is 24.0 Å². The fourth-order valence-electron chi connectivity index (χ4n) is 13.9. The van der Waals surface area contributed by atoms with E-state index in [0.717, 1.165) is 6.92 Å². The normalized spacial score (nSPS) is 38.4. The quantitative estimate of drug-likeness (QED) is 0.0275. The van der Waals surface area contributed by atoms with E-state index in [0.29, 0.717) is 19.4 Å². The summed E-state index contributed by atoms with van der Waals surface area (Å²) in [5.74, 6) is -19.3. The van der Waals surface area contributed by atoms with Crippen molar-refractivity contribution in [1.82, 2.24) is 16.0 Å². The van der Waals surface area contributed by atoms with Crippen molar-refractivity contribution in [3.8, 4) is 5.75 Å². The SMILES string of the molecule is CC(=O)NC1[C@H](O[C@H]2C(C(=O)O)O[C@@H](O[C@@H]3C(COS(=O)(=O)O)O[C@@H](O[C@H]4C(C(=O)O)O[C@@H](O[C@@H]5C(COS(=O)(=O)O)O[C@@H](O)C(NC(C)=O)[C@H]5O)C(OS(=O)(=O)O)[C@H]4O)C(NC(C)=O)[C@H]3O)C(OS(=O)(=O)O)[C@H]2O)OC(COS(=O)(=O)O)[C@@H](O[C@@H]2OC(C(=O)O)[C@H]([C@@H]3C(C(=O)O)O[C@@H](Oc4ccc(C)cc4)C(OS(=O)(=O)O)[C@H]3O)[C@H](O)C2OS(=O)(=O)O)[C@@H]1O. The highest BCUT2D eigenvalue weighted by molar-refractivity contribution is 7.82. The van der Waals surface area contributed by atoms with Crippen LogP contribution in [0.25, 0.3) is 0 Å². The first-order chi connectivity index (χ1) is 57.3. The van der Waals surface area contributed by atoms with Crippen LogP contribution < -0.4 is 20.7 Å². The van der Waals surface area contributed by atoms with Crippen LogP contribution in [-0.4, -0.2) is 416 Å². The summed E-state index contributed by atoms with van der Waals surface area (Å²) in [5, 5.41) is 143. The molecule has 125 heavy (non-hydrogen) atoms. The van der Waals surface area contributed by atoms with Gasteiger partial charge in [-0.3, -0.25) is 46.3 Å². The summed E-state index contributed by atoms with van der Waals surface area (Å²) < 4.78 is 345. The van der Waals surface area contributed by atoms with Crippen molar-refractivity contribution >= 4 is 114 Å². The Bertz CT molecular complexity index is 4860. The van der Waals surface area contributed by atoms with Gasteiger partial charge < -0.3 is 139 Å². The molecule has 7 aliphatic heterocycles. The molecule has 0 saturated carbocycles. The van der Waals surface area contributed by atoms with Gasteiger partial charge in [0, 0.05) is 32.6 Å². The van der Waals surface area contributed by atoms with Crippen LogP contribution in [0.5, 0.6) is 5.75 Å². The average molecular weight is 1970 g/mol. The van der Waals surface area contributed by atoms with Gasteiger partial charge in [0.25, 0.3) is 0 Å². The summed E-state index contributed by atoms with van der Waals surface area (Å²) in [4.78, 5) is 91.3. The standard InChI is InChI=1S/C55H79N3O60S7/c1-12-5-7-16(8-6-12)102-52-39(115-122(87,88)89)25(62)20(35(109-52)45(69)70)21-26(63)40(116-123(90,91)92)53(110-36(21)46(71)72)107-33-18(10-100-120(81,82)83)104-50(23(28(33)65)57-14(3)60)112-38-31(68)42(118-125(96,97)98)55(114-44(38)48(75)76)108-34-19(11-101-121(84,85)86)105-51(24(29(34)66)58-15(4)61)111-37-30(67)41(117-124(93,94)95)54(113-43(37)47(73)74)106-32-17(9-99-119(78,79)80)103-49(77)22(27(32)64)56-13(2)59/h5-8,17-44,49-55,62-68,77H,9-11H2,1-4H3,(H,56,59)(H,57,60)(H,58,61)(H,69,70)(H,71,72)(H,73,74)(H,75,76)(H,78,79,80)(H,81,82,83)(H,84,85,86)(H,87,88,89)(H,90,91,92)(H,93,94,95)(H,96,97,98)/t17?,18?,19?,20-,21+,22?,23?,24?,25-,26-,27+,28+,29+,30-,31-,32+,33+,34+,35?,36?,37+,38+,39?,40?,41?,42?,43?,44?,49+,50-,51-,52+,53+,54+,55+/m0/s1. The number of carbonyl (C=O) groups is 7. The predicted octanol–water partition coefficient (Wildman–Crippen LogP) is -13.8. The number of aliphatic carboxylic acids is 4. The molecule has 7 aliphatic rings. The van der Waals surface area contributed by atoms with Gasteiger partial charge in [-0.2, -0.15) is 58.9 Å². The number of carboxylic acids is 4. The number of rotatable bonds is 37. The molecule has 1 aromatic rings. The average Bonchev–Trinajstić information content (AvgIpc) is 0.738. The fourth-order valence-corrected chi connectivity index (χ4v) is 16.7. The summed E-state index contributed by atoms with van der Waals surface area (Å²) in [6.07, 6.45) is -87.4. The zero-order valence-corrected chi connectivity index (χ0v) is 68.4. The van der Waals surface area contributed by atoms with Crippen molar-refractivity contribution in [1.29, 1.82) is 0 Å². The van der Waals surface area contributed by atoms with E-state index < -0.39 is 349 Å². The van der Waals surface area contributed by atoms with Crippen LogP contribution in [0.1, 0.15) is 26.3 Å². The number of aliphatic hydroxyl groups is 8. The molecule has 7 fully saturated rings. The number of amides is 3. The molecule has 3 amide bonds. The monoisotopic (exact) mass is 1970 g/mol. The van der Waals surface area contributed by atoms with Gasteiger partial charge in [0.15, 0.2) is 86.6 Å². The van der Waals surface area contributed by atoms with E-state index >= 15 is 0 Å². The topological polar surface area (TPSA) is 964 Å². The Morgan fingerprint density at radius 2 is 0.584 bits per heavy atom. The Morgan fingerprint density at radius 1 is 0.320 bits per heavy atom. The van der Waals surface area contributed by atoms with Crippen LogP contribution in [0.4, 0.5) is 0 Å². The van der Waals surface area contributed by atoms with Crippen molar-refractivity contribution in [2.24, 2.45) is 11.8 Å². The molecule has 0 aliphatic carbocycles. The molecule has 716 valence electrons. The molecule has 22 N–H and O–H groups in total. The van der Waals surface area contributed by atoms with Crippen molar-refractivity contribution in [3.05, 3.63) is 29.8 Å². The Labute approximate surface area is 701 Å². The minimum atomic E-state index is -6.29. The van der Waals surface area contributed by atoms with Gasteiger partial charge in [-0.15, -0.1) is 0 Å². The molecule has 14 unspecified atom stereocenters. The summed E-state index contributed by atoms with van der Waals surface area (Å²) in [5.41, 5.74) is 0.557. The highest BCUT2D eigenvalue weighted by atomic mass is 32.3. The number of ether oxygens (including phenoxy) is 13. The van der Waals surface area contributed by atoms with Gasteiger partial charge >= 0.3 is 96.7 Å². The minimum Gasteiger partial charge on any atom is -0.479 e. The Balaban J connectivity index is 1.13. The molecule has 35 atom stereocenters. The smallest absolute Gasteiger partial charge is 0.397 e. The highest BCUT2D eigenvalue weighted by Crippen LogP contribution is 2.46. The van der Waals surface area contributed by atoms with Crippen molar-refractivity contribution in [3.63, 3.8) is 0 Å². The zero-order valence-electron chi connectivity index (χ0n) is 62.7. The van der Waals surface area contributed by atoms with Gasteiger partial charge in [0.1, 0.15) is 103 Å². The number of carbonyl (C=O) groups excluding carboxylic acids is 3. The molecule has 0 aromatic heterocycles. The molecule has 7 saturated heterocycles. The molecule has 70 heteroatoms. The van der Waals surface area contributed by atoms with E-state index in [1.54, 1.807) is 6.92 Å². The summed E-state index contributed by atoms with van der Waals surface area (Å²) in [6.45, 7) is -1.73. The molecule has 8 rings (SSSR count). The first-order valence-corrected chi connectivity index (χ1v) is 44.1. The Hall–Kier alpha value is -6.40. The van der Waals surface area contributed by atoms with Crippen molar-refractivity contribution < 1.29 is 276 Å². The molecule has 7 heterocycles. The third-order valence-electron chi connectivity index (χ3n) is 18.7. The van der Waals surface area contributed by atoms with E-state index in [2.05, 4.69) is 29.3 Å². The Kier molecular flexibility index (Phi) is 34.1. The number of benzene rings is 1. The maximum absolute atomic E-state index is 13.5. The molecule has 0 radical (unpaired) electrons. The van der Waals surface area contributed by atoms with Crippen molar-refractivity contribution in [2.75, 3.05) is 19.8 Å². The maximum atomic E-state index is 13.5. The third-order valence-corrected chi connectivity index (χ3v) is 21.8. The van der Waals surface area contributed by atoms with Crippen LogP contribution in [0.2, 0.25) is 0 Å². The molecular formula is C55H79N3O60S7. The van der Waals surface area contributed by atoms with Crippen molar-refractivity contribution in [2.45, 2.75) is 230 Å². The first-order valence-electron chi connectivity index (χ1n) is 34.6. The second-order valence-corrected chi connectivity index (χ2v) is 35.0. The lowest BCUT2D eigenvalue weighted by Crippen LogP contribution is -2.71. The first kappa shape index (κ1) is 104. The number of aliphatic hydroxyl groups excluding tert-OH is 8. The number of hydrogen-bond acceptors (Lipinski definition) is 49. The Morgan fingerprint density at radius 3 is 0.880 bits per heavy atom. The lowest BCUT2D eigenvalue weighted by Gasteiger charge is -2.52. The van der Waals surface area contributed by atoms with E-state index in [1.165, 1.54) is 24.3 Å². The van der Waals surface area contributed by atoms with E-state index in [-0.39, 0.29) is 5.75 Å². The third kappa shape index (κ3) is 27.8. The number of carboxylic acid groups (broad SMARTS) is 4. The van der Waals surface area contributed by atoms with Gasteiger partial charge in [-0.05, 0) is 19.1 Å². The molecular weight excluding hydrogens is 1890 g/mol. The van der Waals surface area contributed by atoms with Crippen LogP contribution >= 0.6 is 0 Å². The maximum Gasteiger partial charge on any atom is 0.397 e. The van der Waals surface area contributed by atoms with Gasteiger partial charge in [-0.1, -0.05) is 17.7 Å². The van der Waals surface area contributed by atoms with Gasteiger partial charge in [-0.25, -0.2) is 48.5 Å². The highest BCUT2D eigenvalue weighted by Gasteiger charge is 2.66. The van der Waals surface area contributed by atoms with E-state index in [9.17, 15) is 186 Å². The second kappa shape index (κ2) is 40.9. The minimum absolute atomic E-state index is 0.305. The van der Waals surface area contributed by atoms with E-state index in [4.69, 9.17) is 61.6 Å². The lowest BCUT2D eigenvalue weighted by molar-refractivity contribution is -0.376. The number of aryl methyl sites for hydroxylation is 1. The molecule has 0 spiro atoms. The van der Waals surface area contributed by atoms with Crippen LogP contribution in [-0.2, 0) is 192 Å². The largest absolute Gasteiger partial charge is 0.479 e. The molecule has 1 aromatic carbocycles. The summed E-state index contributed by atoms with van der Waals surface area (Å²) in [6, 6.07) is -2.26. The summed E-state index contributed by atoms with van der Waals surface area (Å²) >= 11 is 0. The lowest BCUT2D eigenvalue weighted by atomic mass is 9.71. The predicted molar refractivity (Wildman–Crippen MR) is 370 cm³/mol. The molecule has 63 nitrogen and oxygen atoms in total. The summed E-state index contributed by atoms with van der Waals surface area (Å²) in [7, 11) is -41.7. The van der Waals surface area contributed by atoms with Crippen LogP contribution in [0, 0.1) is 18.8 Å².